The lowest BCUT2D eigenvalue weighted by Gasteiger charge is -1.97. The van der Waals surface area contributed by atoms with E-state index in [1.54, 1.807) is 41.4 Å². The molecular formula is C12H13N3OS. The van der Waals surface area contributed by atoms with E-state index in [0.29, 0.717) is 0 Å². The molecule has 17 heavy (non-hydrogen) atoms. The highest BCUT2D eigenvalue weighted by molar-refractivity contribution is 7.07. The largest absolute Gasteiger partial charge is 0.508 e. The first-order valence-corrected chi connectivity index (χ1v) is 6.02. The predicted octanol–water partition coefficient (Wildman–Crippen LogP) is 1.98. The SMILES string of the molecule is CN=c1scc(C)n1N=Cc1ccc(O)cc1. The first kappa shape index (κ1) is 11.6. The van der Waals surface area contributed by atoms with Crippen LogP contribution in [0.4, 0.5) is 0 Å². The van der Waals surface area contributed by atoms with Gasteiger partial charge in [0.1, 0.15) is 5.75 Å². The number of aromatic nitrogens is 1. The maximum atomic E-state index is 9.17. The van der Waals surface area contributed by atoms with E-state index in [1.165, 1.54) is 0 Å². The van der Waals surface area contributed by atoms with Crippen molar-refractivity contribution >= 4 is 17.6 Å². The highest BCUT2D eigenvalue weighted by atomic mass is 32.1. The summed E-state index contributed by atoms with van der Waals surface area (Å²) in [5.41, 5.74) is 1.98. The van der Waals surface area contributed by atoms with E-state index < -0.39 is 0 Å². The predicted molar refractivity (Wildman–Crippen MR) is 69.6 cm³/mol. The summed E-state index contributed by atoms with van der Waals surface area (Å²) in [7, 11) is 1.75. The second kappa shape index (κ2) is 4.97. The number of hydrogen-bond donors (Lipinski definition) is 1. The minimum Gasteiger partial charge on any atom is -0.508 e. The van der Waals surface area contributed by atoms with Crippen LogP contribution in [0.2, 0.25) is 0 Å². The Kier molecular flexibility index (Phi) is 3.39. The average Bonchev–Trinajstić information content (AvgIpc) is 2.69. The number of hydrogen-bond acceptors (Lipinski definition) is 4. The summed E-state index contributed by atoms with van der Waals surface area (Å²) in [4.78, 5) is 5.00. The quantitative estimate of drug-likeness (QED) is 0.810. The summed E-state index contributed by atoms with van der Waals surface area (Å²) in [5.74, 6) is 0.255. The number of rotatable bonds is 2. The van der Waals surface area contributed by atoms with Crippen molar-refractivity contribution in [3.63, 3.8) is 0 Å². The van der Waals surface area contributed by atoms with Crippen LogP contribution in [0, 0.1) is 6.92 Å². The summed E-state index contributed by atoms with van der Waals surface area (Å²) >= 11 is 1.56. The summed E-state index contributed by atoms with van der Waals surface area (Å²) in [6.45, 7) is 1.99. The number of phenolic OH excluding ortho intramolecular Hbond substituents is 1. The number of aryl methyl sites for hydroxylation is 1. The molecule has 2 aromatic rings. The Morgan fingerprint density at radius 3 is 2.65 bits per heavy atom. The van der Waals surface area contributed by atoms with Gasteiger partial charge in [0.2, 0.25) is 4.80 Å². The van der Waals surface area contributed by atoms with E-state index in [4.69, 9.17) is 0 Å². The number of thiazole rings is 1. The van der Waals surface area contributed by atoms with Gasteiger partial charge in [-0.15, -0.1) is 11.3 Å². The molecule has 0 amide bonds. The fourth-order valence-electron chi connectivity index (χ4n) is 1.36. The van der Waals surface area contributed by atoms with Crippen molar-refractivity contribution in [3.05, 3.63) is 45.7 Å². The second-order valence-corrected chi connectivity index (χ2v) is 4.37. The maximum absolute atomic E-state index is 9.17. The molecule has 4 nitrogen and oxygen atoms in total. The van der Waals surface area contributed by atoms with Crippen molar-refractivity contribution in [2.45, 2.75) is 6.92 Å². The first-order valence-electron chi connectivity index (χ1n) is 5.14. The van der Waals surface area contributed by atoms with Gasteiger partial charge in [-0.2, -0.15) is 5.10 Å². The number of nitrogens with zero attached hydrogens (tertiary/aromatic N) is 3. The molecule has 0 radical (unpaired) electrons. The molecule has 0 saturated heterocycles. The topological polar surface area (TPSA) is 49.9 Å². The molecule has 0 fully saturated rings. The molecule has 0 spiro atoms. The van der Waals surface area contributed by atoms with Gasteiger partial charge in [0.15, 0.2) is 0 Å². The molecule has 1 N–H and O–H groups in total. The first-order chi connectivity index (χ1) is 8.20. The van der Waals surface area contributed by atoms with Crippen LogP contribution in [-0.2, 0) is 0 Å². The highest BCUT2D eigenvalue weighted by Crippen LogP contribution is 2.08. The number of aromatic hydroxyl groups is 1. The van der Waals surface area contributed by atoms with E-state index in [-0.39, 0.29) is 5.75 Å². The zero-order chi connectivity index (χ0) is 12.3. The van der Waals surface area contributed by atoms with Crippen LogP contribution in [0.25, 0.3) is 0 Å². The van der Waals surface area contributed by atoms with Crippen LogP contribution in [0.15, 0.2) is 39.7 Å². The van der Waals surface area contributed by atoms with Crippen molar-refractivity contribution in [1.82, 2.24) is 4.68 Å². The Balaban J connectivity index is 2.32. The standard InChI is InChI=1S/C12H13N3OS/c1-9-8-17-12(13-2)15(9)14-7-10-3-5-11(16)6-4-10/h3-8,16H,1-2H3. The third-order valence-electron chi connectivity index (χ3n) is 2.26. The Morgan fingerprint density at radius 1 is 1.29 bits per heavy atom. The van der Waals surface area contributed by atoms with E-state index in [9.17, 15) is 5.11 Å². The third kappa shape index (κ3) is 2.62. The summed E-state index contributed by atoms with van der Waals surface area (Å²) in [6, 6.07) is 6.89. The van der Waals surface area contributed by atoms with Crippen molar-refractivity contribution in [1.29, 1.82) is 0 Å². The molecule has 0 unspecified atom stereocenters. The Hall–Kier alpha value is -1.88. The van der Waals surface area contributed by atoms with Gasteiger partial charge < -0.3 is 5.11 Å². The minimum absolute atomic E-state index is 0.255. The van der Waals surface area contributed by atoms with Crippen LogP contribution in [0.5, 0.6) is 5.75 Å². The zero-order valence-corrected chi connectivity index (χ0v) is 10.5. The Bertz CT molecular complexity index is 593. The van der Waals surface area contributed by atoms with E-state index in [1.807, 2.05) is 24.4 Å². The molecule has 0 atom stereocenters. The fraction of sp³-hybridized carbons (Fsp3) is 0.167. The average molecular weight is 247 g/mol. The molecule has 0 aliphatic carbocycles. The highest BCUT2D eigenvalue weighted by Gasteiger charge is 1.97. The molecule has 1 heterocycles. The monoisotopic (exact) mass is 247 g/mol. The number of benzene rings is 1. The van der Waals surface area contributed by atoms with Gasteiger partial charge in [-0.05, 0) is 36.8 Å². The molecule has 0 bridgehead atoms. The Morgan fingerprint density at radius 2 is 2.00 bits per heavy atom. The van der Waals surface area contributed by atoms with Crippen LogP contribution < -0.4 is 4.80 Å². The Labute approximate surface area is 103 Å². The summed E-state index contributed by atoms with van der Waals surface area (Å²) in [5, 5.41) is 15.5. The number of phenols is 1. The normalized spacial score (nSPS) is 12.5. The van der Waals surface area contributed by atoms with Crippen molar-refractivity contribution in [3.8, 4) is 5.75 Å². The lowest BCUT2D eigenvalue weighted by molar-refractivity contribution is 0.475. The van der Waals surface area contributed by atoms with Crippen LogP contribution in [0.3, 0.4) is 0 Å². The van der Waals surface area contributed by atoms with E-state index >= 15 is 0 Å². The van der Waals surface area contributed by atoms with E-state index in [0.717, 1.165) is 16.1 Å². The van der Waals surface area contributed by atoms with Crippen LogP contribution >= 0.6 is 11.3 Å². The van der Waals surface area contributed by atoms with Crippen molar-refractivity contribution in [2.24, 2.45) is 10.1 Å². The minimum atomic E-state index is 0.255. The van der Waals surface area contributed by atoms with Gasteiger partial charge >= 0.3 is 0 Å². The molecule has 2 rings (SSSR count). The smallest absolute Gasteiger partial charge is 0.205 e. The van der Waals surface area contributed by atoms with Gasteiger partial charge in [0.05, 0.1) is 11.9 Å². The lowest BCUT2D eigenvalue weighted by Crippen LogP contribution is -2.11. The van der Waals surface area contributed by atoms with Gasteiger partial charge in [-0.25, -0.2) is 4.68 Å². The second-order valence-electron chi connectivity index (χ2n) is 3.53. The van der Waals surface area contributed by atoms with Gasteiger partial charge in [-0.1, -0.05) is 0 Å². The van der Waals surface area contributed by atoms with Crippen molar-refractivity contribution < 1.29 is 5.11 Å². The van der Waals surface area contributed by atoms with Gasteiger partial charge in [-0.3, -0.25) is 4.99 Å². The third-order valence-corrected chi connectivity index (χ3v) is 3.28. The maximum Gasteiger partial charge on any atom is 0.205 e. The lowest BCUT2D eigenvalue weighted by atomic mass is 10.2. The molecule has 5 heteroatoms. The van der Waals surface area contributed by atoms with E-state index in [2.05, 4.69) is 10.1 Å². The fourth-order valence-corrected chi connectivity index (χ4v) is 2.13. The molecular weight excluding hydrogens is 234 g/mol. The molecule has 0 aliphatic rings. The summed E-state index contributed by atoms with van der Waals surface area (Å²) in [6.07, 6.45) is 1.74. The van der Waals surface area contributed by atoms with Crippen molar-refractivity contribution in [2.75, 3.05) is 7.05 Å². The molecule has 1 aromatic heterocycles. The zero-order valence-electron chi connectivity index (χ0n) is 9.66. The van der Waals surface area contributed by atoms with Crippen LogP contribution in [0.1, 0.15) is 11.3 Å². The molecule has 1 aromatic carbocycles. The van der Waals surface area contributed by atoms with Gasteiger partial charge in [0.25, 0.3) is 0 Å². The summed E-state index contributed by atoms with van der Waals surface area (Å²) < 4.78 is 1.79. The van der Waals surface area contributed by atoms with Crippen LogP contribution in [-0.4, -0.2) is 23.0 Å². The van der Waals surface area contributed by atoms with Gasteiger partial charge in [0, 0.05) is 12.4 Å². The molecule has 0 saturated carbocycles. The molecule has 0 aliphatic heterocycles. The molecule has 88 valence electrons.